The number of hydrogen-bond acceptors (Lipinski definition) is 8. The van der Waals surface area contributed by atoms with Gasteiger partial charge in [-0.1, -0.05) is 0 Å². The molecule has 0 saturated carbocycles. The molecule has 0 radical (unpaired) electrons. The van der Waals surface area contributed by atoms with Crippen LogP contribution >= 0.6 is 0 Å². The van der Waals surface area contributed by atoms with Gasteiger partial charge in [-0.05, 0) is 51.1 Å². The van der Waals surface area contributed by atoms with E-state index < -0.39 is 27.8 Å². The third-order valence-corrected chi connectivity index (χ3v) is 7.07. The molecule has 0 amide bonds. The zero-order valence-electron chi connectivity index (χ0n) is 20.8. The van der Waals surface area contributed by atoms with Gasteiger partial charge in [0.25, 0.3) is 0 Å². The number of fused-ring (bicyclic) bond motifs is 1. The zero-order valence-corrected chi connectivity index (χ0v) is 21.6. The van der Waals surface area contributed by atoms with E-state index in [1.165, 1.54) is 44.8 Å². The van der Waals surface area contributed by atoms with E-state index in [9.17, 15) is 23.1 Å². The highest BCUT2D eigenvalue weighted by Gasteiger charge is 2.22. The maximum absolute atomic E-state index is 12.3. The number of pyridine rings is 1. The van der Waals surface area contributed by atoms with Crippen LogP contribution < -0.4 is 5.32 Å². The second kappa shape index (κ2) is 9.33. The van der Waals surface area contributed by atoms with Gasteiger partial charge in [0.15, 0.2) is 0 Å². The normalized spacial score (nSPS) is 12.2. The summed E-state index contributed by atoms with van der Waals surface area (Å²) in [6.45, 7) is 5.20. The first kappa shape index (κ1) is 25.9. The quantitative estimate of drug-likeness (QED) is 0.390. The Labute approximate surface area is 213 Å². The van der Waals surface area contributed by atoms with Gasteiger partial charge in [0, 0.05) is 49.2 Å². The number of carbonyl (C=O) groups excluding carboxylic acids is 1. The molecular formula is C24H26N6O6S. The molecule has 0 bridgehead atoms. The average Bonchev–Trinajstić information content (AvgIpc) is 3.43. The first-order valence-electron chi connectivity index (χ1n) is 11.1. The lowest BCUT2D eigenvalue weighted by molar-refractivity contribution is 0.0514. The summed E-state index contributed by atoms with van der Waals surface area (Å²) in [4.78, 5) is 29.0. The Balaban J connectivity index is 1.66. The lowest BCUT2D eigenvalue weighted by Gasteiger charge is -2.18. The number of benzene rings is 1. The molecule has 0 saturated heterocycles. The van der Waals surface area contributed by atoms with Crippen molar-refractivity contribution in [3.63, 3.8) is 0 Å². The topological polar surface area (TPSA) is 149 Å². The van der Waals surface area contributed by atoms with Gasteiger partial charge in [-0.25, -0.2) is 31.9 Å². The number of sulfonamides is 1. The van der Waals surface area contributed by atoms with E-state index in [4.69, 9.17) is 4.74 Å². The molecule has 12 nitrogen and oxygen atoms in total. The van der Waals surface area contributed by atoms with Crippen LogP contribution in [0.2, 0.25) is 0 Å². The van der Waals surface area contributed by atoms with Gasteiger partial charge >= 0.3 is 12.2 Å². The molecule has 4 aromatic rings. The smallest absolute Gasteiger partial charge is 0.435 e. The summed E-state index contributed by atoms with van der Waals surface area (Å²) < 4.78 is 33.1. The molecule has 13 heteroatoms. The minimum atomic E-state index is -3.56. The molecule has 0 spiro atoms. The zero-order chi connectivity index (χ0) is 27.1. The summed E-state index contributed by atoms with van der Waals surface area (Å²) in [6.07, 6.45) is 2.38. The van der Waals surface area contributed by atoms with Gasteiger partial charge in [-0.15, -0.1) is 0 Å². The lowest BCUT2D eigenvalue weighted by Crippen LogP contribution is -2.27. The van der Waals surface area contributed by atoms with Gasteiger partial charge in [-0.2, -0.15) is 9.78 Å². The van der Waals surface area contributed by atoms with Crippen LogP contribution in [-0.4, -0.2) is 69.0 Å². The molecular weight excluding hydrogens is 500 g/mol. The van der Waals surface area contributed by atoms with Crippen LogP contribution in [-0.2, 0) is 14.8 Å². The maximum Gasteiger partial charge on any atom is 0.435 e. The molecule has 0 aliphatic heterocycles. The molecule has 1 aromatic carbocycles. The average molecular weight is 527 g/mol. The Morgan fingerprint density at radius 3 is 2.35 bits per heavy atom. The predicted octanol–water partition coefficient (Wildman–Crippen LogP) is 4.20. The second-order valence-electron chi connectivity index (χ2n) is 9.37. The molecule has 194 valence electrons. The summed E-state index contributed by atoms with van der Waals surface area (Å²) in [5.74, 6) is 0.354. The third-order valence-electron chi connectivity index (χ3n) is 5.24. The van der Waals surface area contributed by atoms with E-state index in [0.717, 1.165) is 13.6 Å². The Bertz CT molecular complexity index is 1600. The monoisotopic (exact) mass is 526 g/mol. The number of rotatable bonds is 5. The Morgan fingerprint density at radius 1 is 1.08 bits per heavy atom. The van der Waals surface area contributed by atoms with Crippen molar-refractivity contribution in [3.8, 4) is 11.3 Å². The fourth-order valence-corrected chi connectivity index (χ4v) is 4.42. The number of ether oxygens (including phenoxy) is 1. The molecule has 0 atom stereocenters. The van der Waals surface area contributed by atoms with Crippen molar-refractivity contribution < 1.29 is 27.9 Å². The van der Waals surface area contributed by atoms with Gasteiger partial charge in [0.1, 0.15) is 11.4 Å². The van der Waals surface area contributed by atoms with Gasteiger partial charge in [0.2, 0.25) is 10.0 Å². The highest BCUT2D eigenvalue weighted by molar-refractivity contribution is 7.89. The van der Waals surface area contributed by atoms with E-state index in [0.29, 0.717) is 33.7 Å². The van der Waals surface area contributed by atoms with E-state index in [-0.39, 0.29) is 4.90 Å². The van der Waals surface area contributed by atoms with Crippen molar-refractivity contribution in [2.75, 3.05) is 19.4 Å². The van der Waals surface area contributed by atoms with E-state index >= 15 is 0 Å². The summed E-state index contributed by atoms with van der Waals surface area (Å²) in [6, 6.07) is 9.32. The number of aromatic nitrogens is 4. The number of carbonyl (C=O) groups is 2. The molecule has 0 aliphatic rings. The van der Waals surface area contributed by atoms with Gasteiger partial charge in [-0.3, -0.25) is 0 Å². The fourth-order valence-electron chi connectivity index (χ4n) is 3.52. The van der Waals surface area contributed by atoms with Crippen molar-refractivity contribution in [1.82, 2.24) is 23.6 Å². The van der Waals surface area contributed by atoms with Gasteiger partial charge in [0.05, 0.1) is 22.3 Å². The van der Waals surface area contributed by atoms with Gasteiger partial charge < -0.3 is 15.2 Å². The predicted molar refractivity (Wildman–Crippen MR) is 137 cm³/mol. The second-order valence-corrected chi connectivity index (χ2v) is 11.5. The largest absolute Gasteiger partial charge is 0.464 e. The van der Waals surface area contributed by atoms with Crippen molar-refractivity contribution >= 4 is 44.6 Å². The number of nitrogens with zero attached hydrogens (tertiary/aromatic N) is 5. The molecule has 3 aromatic heterocycles. The van der Waals surface area contributed by atoms with Crippen molar-refractivity contribution in [1.29, 1.82) is 0 Å². The number of carboxylic acid groups (broad SMARTS) is 1. The summed E-state index contributed by atoms with van der Waals surface area (Å²) in [5.41, 5.74) is 0.912. The molecule has 4 rings (SSSR count). The van der Waals surface area contributed by atoms with E-state index in [1.807, 2.05) is 0 Å². The van der Waals surface area contributed by atoms with Crippen molar-refractivity contribution in [3.05, 3.63) is 55.0 Å². The van der Waals surface area contributed by atoms with Crippen LogP contribution in [0.4, 0.5) is 21.1 Å². The number of anilines is 2. The van der Waals surface area contributed by atoms with E-state index in [2.05, 4.69) is 15.4 Å². The van der Waals surface area contributed by atoms with Crippen molar-refractivity contribution in [2.45, 2.75) is 31.3 Å². The molecule has 37 heavy (non-hydrogen) atoms. The summed E-state index contributed by atoms with van der Waals surface area (Å²) >= 11 is 0. The Kier molecular flexibility index (Phi) is 6.52. The highest BCUT2D eigenvalue weighted by Crippen LogP contribution is 2.30. The standard InChI is InChI=1S/C24H26N6O6S/c1-24(2,3)36-23(33)29-14-16(13-26-29)19-10-15-12-25-21(11-20(15)30(19)22(31)32)27-17-6-8-18(9-7-17)37(34,35)28(4)5/h6-14H,1-5H3,(H,25,27)(H,31,32). The SMILES string of the molecule is CN(C)S(=O)(=O)c1ccc(Nc2cc3c(cn2)cc(-c2cnn(C(=O)OC(C)(C)C)c2)n3C(=O)O)cc1. The molecule has 0 aliphatic carbocycles. The van der Waals surface area contributed by atoms with Crippen LogP contribution in [0.5, 0.6) is 0 Å². The summed E-state index contributed by atoms with van der Waals surface area (Å²) in [5, 5.41) is 17.6. The Morgan fingerprint density at radius 2 is 1.76 bits per heavy atom. The van der Waals surface area contributed by atoms with Crippen LogP contribution in [0, 0.1) is 0 Å². The van der Waals surface area contributed by atoms with Crippen LogP contribution in [0.15, 0.2) is 59.9 Å². The number of hydrogen-bond donors (Lipinski definition) is 2. The Hall–Kier alpha value is -4.23. The number of nitrogens with one attached hydrogen (secondary N) is 1. The molecule has 2 N–H and O–H groups in total. The molecule has 3 heterocycles. The minimum absolute atomic E-state index is 0.141. The molecule has 0 fully saturated rings. The fraction of sp³-hybridized carbons (Fsp3) is 0.250. The lowest BCUT2D eigenvalue weighted by atomic mass is 10.2. The van der Waals surface area contributed by atoms with Crippen LogP contribution in [0.25, 0.3) is 22.2 Å². The summed E-state index contributed by atoms with van der Waals surface area (Å²) in [7, 11) is -0.655. The van der Waals surface area contributed by atoms with Crippen LogP contribution in [0.1, 0.15) is 20.8 Å². The first-order chi connectivity index (χ1) is 17.3. The van der Waals surface area contributed by atoms with E-state index in [1.54, 1.807) is 45.0 Å². The van der Waals surface area contributed by atoms with Crippen LogP contribution in [0.3, 0.4) is 0 Å². The minimum Gasteiger partial charge on any atom is -0.464 e. The highest BCUT2D eigenvalue weighted by atomic mass is 32.2. The third kappa shape index (κ3) is 5.32. The molecule has 0 unspecified atom stereocenters. The maximum atomic E-state index is 12.3. The first-order valence-corrected chi connectivity index (χ1v) is 12.5. The van der Waals surface area contributed by atoms with Crippen molar-refractivity contribution in [2.24, 2.45) is 0 Å².